The van der Waals surface area contributed by atoms with Gasteiger partial charge in [0.05, 0.1) is 0 Å². The lowest BCUT2D eigenvalue weighted by Crippen LogP contribution is -2.14. The van der Waals surface area contributed by atoms with Gasteiger partial charge in [0.1, 0.15) is 11.6 Å². The average Bonchev–Trinajstić information content (AvgIpc) is 2.70. The Labute approximate surface area is 164 Å². The van der Waals surface area contributed by atoms with E-state index >= 15 is 0 Å². The summed E-state index contributed by atoms with van der Waals surface area (Å²) in [4.78, 5) is 18.7. The molecule has 1 amide bonds. The number of nitrogens with zero attached hydrogens (tertiary/aromatic N) is 2. The largest absolute Gasteiger partial charge is 0.378 e. The number of pyridine rings is 1. The molecule has 3 aromatic rings. The van der Waals surface area contributed by atoms with Crippen molar-refractivity contribution in [2.45, 2.75) is 6.42 Å². The Kier molecular flexibility index (Phi) is 6.22. The van der Waals surface area contributed by atoms with Crippen molar-refractivity contribution in [2.75, 3.05) is 36.2 Å². The highest BCUT2D eigenvalue weighted by Gasteiger charge is 2.08. The zero-order valence-electron chi connectivity index (χ0n) is 15.9. The van der Waals surface area contributed by atoms with Crippen LogP contribution < -0.4 is 15.5 Å². The molecule has 144 valence electrons. The summed E-state index contributed by atoms with van der Waals surface area (Å²) in [5.41, 5.74) is 2.93. The topological polar surface area (TPSA) is 57.3 Å². The number of aromatic nitrogens is 1. The molecule has 2 aromatic carbocycles. The zero-order chi connectivity index (χ0) is 19.9. The molecule has 0 fully saturated rings. The molecule has 28 heavy (non-hydrogen) atoms. The van der Waals surface area contributed by atoms with Gasteiger partial charge in [-0.15, -0.1) is 0 Å². The summed E-state index contributed by atoms with van der Waals surface area (Å²) in [6, 6.07) is 17.6. The third kappa shape index (κ3) is 5.07. The molecule has 1 aromatic heterocycles. The van der Waals surface area contributed by atoms with Gasteiger partial charge in [0.25, 0.3) is 5.91 Å². The maximum Gasteiger partial charge on any atom is 0.255 e. The first-order chi connectivity index (χ1) is 13.5. The minimum atomic E-state index is -0.217. The summed E-state index contributed by atoms with van der Waals surface area (Å²) in [6.07, 6.45) is 2.11. The summed E-state index contributed by atoms with van der Waals surface area (Å²) in [6.45, 7) is 0.519. The van der Waals surface area contributed by atoms with Gasteiger partial charge in [-0.2, -0.15) is 0 Å². The number of anilines is 3. The van der Waals surface area contributed by atoms with E-state index in [1.54, 1.807) is 30.5 Å². The monoisotopic (exact) mass is 378 g/mol. The number of carbonyl (C=O) groups excluding carboxylic acids is 1. The standard InChI is InChI=1S/C22H23FN4O/c1-27(2)19-9-7-18(8-10-19)26-22(28)17-12-14-25-21(15-17)24-13-11-16-5-3-4-6-20(16)23/h3-10,12,14-15H,11,13H2,1-2H3,(H,24,25)(H,26,28). The van der Waals surface area contributed by atoms with E-state index in [1.165, 1.54) is 6.07 Å². The number of amides is 1. The minimum Gasteiger partial charge on any atom is -0.378 e. The van der Waals surface area contributed by atoms with E-state index in [-0.39, 0.29) is 11.7 Å². The van der Waals surface area contributed by atoms with Gasteiger partial charge in [0.2, 0.25) is 0 Å². The fourth-order valence-electron chi connectivity index (χ4n) is 2.74. The van der Waals surface area contributed by atoms with Crippen LogP contribution in [0.3, 0.4) is 0 Å². The molecule has 0 saturated heterocycles. The van der Waals surface area contributed by atoms with E-state index in [4.69, 9.17) is 0 Å². The molecule has 0 aliphatic carbocycles. The van der Waals surface area contributed by atoms with Crippen LogP contribution in [-0.2, 0) is 6.42 Å². The first kappa shape index (κ1) is 19.4. The molecule has 0 atom stereocenters. The Bertz CT molecular complexity index is 941. The maximum absolute atomic E-state index is 13.7. The van der Waals surface area contributed by atoms with Crippen LogP contribution in [0.4, 0.5) is 21.6 Å². The number of halogens is 1. The van der Waals surface area contributed by atoms with E-state index in [9.17, 15) is 9.18 Å². The fraction of sp³-hybridized carbons (Fsp3) is 0.182. The van der Waals surface area contributed by atoms with E-state index in [2.05, 4.69) is 15.6 Å². The summed E-state index contributed by atoms with van der Waals surface area (Å²) in [7, 11) is 3.93. The second-order valence-corrected chi connectivity index (χ2v) is 6.59. The van der Waals surface area contributed by atoms with Crippen LogP contribution in [0.2, 0.25) is 0 Å². The van der Waals surface area contributed by atoms with E-state index in [0.717, 1.165) is 11.4 Å². The predicted octanol–water partition coefficient (Wildman–Crippen LogP) is 4.19. The average molecular weight is 378 g/mol. The molecular formula is C22H23FN4O. The van der Waals surface area contributed by atoms with Crippen molar-refractivity contribution < 1.29 is 9.18 Å². The highest BCUT2D eigenvalue weighted by atomic mass is 19.1. The Hall–Kier alpha value is -3.41. The number of carbonyl (C=O) groups is 1. The second kappa shape index (κ2) is 8.99. The van der Waals surface area contributed by atoms with Crippen LogP contribution >= 0.6 is 0 Å². The number of rotatable bonds is 7. The third-order valence-corrected chi connectivity index (χ3v) is 4.32. The van der Waals surface area contributed by atoms with Gasteiger partial charge in [-0.05, 0) is 54.4 Å². The van der Waals surface area contributed by atoms with E-state index in [0.29, 0.717) is 29.9 Å². The number of nitrogens with one attached hydrogen (secondary N) is 2. The first-order valence-corrected chi connectivity index (χ1v) is 9.05. The van der Waals surface area contributed by atoms with Crippen molar-refractivity contribution in [1.82, 2.24) is 4.98 Å². The Morgan fingerprint density at radius 3 is 2.54 bits per heavy atom. The molecule has 6 heteroatoms. The summed E-state index contributed by atoms with van der Waals surface area (Å²) in [5, 5.41) is 6.01. The molecule has 0 saturated carbocycles. The lowest BCUT2D eigenvalue weighted by molar-refractivity contribution is 0.102. The molecule has 0 spiro atoms. The smallest absolute Gasteiger partial charge is 0.255 e. The molecule has 0 aliphatic rings. The van der Waals surface area contributed by atoms with Crippen LogP contribution in [0.5, 0.6) is 0 Å². The molecule has 0 aliphatic heterocycles. The predicted molar refractivity (Wildman–Crippen MR) is 112 cm³/mol. The normalized spacial score (nSPS) is 10.4. The van der Waals surface area contributed by atoms with Gasteiger partial charge in [-0.1, -0.05) is 18.2 Å². The van der Waals surface area contributed by atoms with E-state index in [1.807, 2.05) is 49.3 Å². The van der Waals surface area contributed by atoms with Crippen molar-refractivity contribution in [3.63, 3.8) is 0 Å². The first-order valence-electron chi connectivity index (χ1n) is 9.05. The zero-order valence-corrected chi connectivity index (χ0v) is 15.9. The molecule has 3 rings (SSSR count). The maximum atomic E-state index is 13.7. The third-order valence-electron chi connectivity index (χ3n) is 4.32. The van der Waals surface area contributed by atoms with Crippen molar-refractivity contribution in [1.29, 1.82) is 0 Å². The van der Waals surface area contributed by atoms with Gasteiger partial charge in [0.15, 0.2) is 0 Å². The highest BCUT2D eigenvalue weighted by molar-refractivity contribution is 6.04. The van der Waals surface area contributed by atoms with Gasteiger partial charge >= 0.3 is 0 Å². The lowest BCUT2D eigenvalue weighted by atomic mass is 10.1. The molecule has 0 radical (unpaired) electrons. The summed E-state index contributed by atoms with van der Waals surface area (Å²) < 4.78 is 13.7. The highest BCUT2D eigenvalue weighted by Crippen LogP contribution is 2.17. The van der Waals surface area contributed by atoms with Crippen LogP contribution in [0.1, 0.15) is 15.9 Å². The van der Waals surface area contributed by atoms with Crippen LogP contribution in [0.15, 0.2) is 66.9 Å². The summed E-state index contributed by atoms with van der Waals surface area (Å²) in [5.74, 6) is 0.148. The van der Waals surface area contributed by atoms with Crippen LogP contribution in [0, 0.1) is 5.82 Å². The van der Waals surface area contributed by atoms with Crippen molar-refractivity contribution in [3.8, 4) is 0 Å². The number of hydrogen-bond donors (Lipinski definition) is 2. The van der Waals surface area contributed by atoms with Gasteiger partial charge in [-0.25, -0.2) is 9.37 Å². The van der Waals surface area contributed by atoms with Gasteiger partial charge in [0, 0.05) is 43.8 Å². The second-order valence-electron chi connectivity index (χ2n) is 6.59. The van der Waals surface area contributed by atoms with Gasteiger partial charge in [-0.3, -0.25) is 4.79 Å². The molecule has 2 N–H and O–H groups in total. The summed E-state index contributed by atoms with van der Waals surface area (Å²) >= 11 is 0. The van der Waals surface area contributed by atoms with Crippen molar-refractivity contribution in [2.24, 2.45) is 0 Å². The van der Waals surface area contributed by atoms with Gasteiger partial charge < -0.3 is 15.5 Å². The minimum absolute atomic E-state index is 0.211. The Balaban J connectivity index is 1.59. The Morgan fingerprint density at radius 2 is 1.82 bits per heavy atom. The lowest BCUT2D eigenvalue weighted by Gasteiger charge is -2.13. The number of hydrogen-bond acceptors (Lipinski definition) is 4. The molecule has 5 nitrogen and oxygen atoms in total. The fourth-order valence-corrected chi connectivity index (χ4v) is 2.74. The molecule has 0 unspecified atom stereocenters. The Morgan fingerprint density at radius 1 is 1.07 bits per heavy atom. The quantitative estimate of drug-likeness (QED) is 0.647. The molecule has 1 heterocycles. The SMILES string of the molecule is CN(C)c1ccc(NC(=O)c2ccnc(NCCc3ccccc3F)c2)cc1. The van der Waals surface area contributed by atoms with Crippen LogP contribution in [0.25, 0.3) is 0 Å². The van der Waals surface area contributed by atoms with E-state index < -0.39 is 0 Å². The molecule has 0 bridgehead atoms. The van der Waals surface area contributed by atoms with Crippen molar-refractivity contribution in [3.05, 3.63) is 83.8 Å². The van der Waals surface area contributed by atoms with Crippen LogP contribution in [-0.4, -0.2) is 31.5 Å². The molecular weight excluding hydrogens is 355 g/mol. The van der Waals surface area contributed by atoms with Crippen molar-refractivity contribution >= 4 is 23.1 Å². The number of benzene rings is 2.